The normalized spacial score (nSPS) is 12.6. The van der Waals surface area contributed by atoms with Crippen LogP contribution in [0.4, 0.5) is 4.39 Å². The van der Waals surface area contributed by atoms with Crippen LogP contribution in [-0.4, -0.2) is 21.8 Å². The molecule has 0 amide bonds. The highest BCUT2D eigenvalue weighted by atomic mass is 19.1. The summed E-state index contributed by atoms with van der Waals surface area (Å²) < 4.78 is 14.9. The van der Waals surface area contributed by atoms with Crippen molar-refractivity contribution in [2.24, 2.45) is 7.05 Å². The zero-order valence-electron chi connectivity index (χ0n) is 9.89. The maximum atomic E-state index is 13.2. The highest BCUT2D eigenvalue weighted by Gasteiger charge is 2.13. The van der Waals surface area contributed by atoms with Gasteiger partial charge in [-0.25, -0.2) is 9.37 Å². The number of hydrogen-bond donors (Lipinski definition) is 1. The number of halogens is 1. The summed E-state index contributed by atoms with van der Waals surface area (Å²) in [5.41, 5.74) is 0.913. The van der Waals surface area contributed by atoms with Gasteiger partial charge in [0, 0.05) is 19.5 Å². The zero-order chi connectivity index (χ0) is 12.3. The molecule has 5 heteroatoms. The number of likely N-dealkylation sites (N-methyl/N-ethyl adjacent to an activating group) is 1. The van der Waals surface area contributed by atoms with Crippen LogP contribution in [0.2, 0.25) is 0 Å². The molecule has 4 nitrogen and oxygen atoms in total. The molecule has 0 bridgehead atoms. The highest BCUT2D eigenvalue weighted by Crippen LogP contribution is 2.17. The number of aromatic nitrogens is 3. The SMILES string of the molecule is CNC(Cc1ncnn1C)c1cccc(F)c1. The fraction of sp³-hybridized carbons (Fsp3) is 0.333. The molecule has 0 fully saturated rings. The molecular formula is C12H15FN4. The highest BCUT2D eigenvalue weighted by molar-refractivity contribution is 5.21. The van der Waals surface area contributed by atoms with E-state index in [9.17, 15) is 4.39 Å². The van der Waals surface area contributed by atoms with Gasteiger partial charge >= 0.3 is 0 Å². The van der Waals surface area contributed by atoms with E-state index < -0.39 is 0 Å². The first-order valence-electron chi connectivity index (χ1n) is 5.46. The second-order valence-corrected chi connectivity index (χ2v) is 3.90. The van der Waals surface area contributed by atoms with E-state index in [0.29, 0.717) is 6.42 Å². The quantitative estimate of drug-likeness (QED) is 0.870. The van der Waals surface area contributed by atoms with Crippen molar-refractivity contribution in [1.29, 1.82) is 0 Å². The summed E-state index contributed by atoms with van der Waals surface area (Å²) in [6.45, 7) is 0. The van der Waals surface area contributed by atoms with E-state index in [2.05, 4.69) is 15.4 Å². The van der Waals surface area contributed by atoms with E-state index in [4.69, 9.17) is 0 Å². The summed E-state index contributed by atoms with van der Waals surface area (Å²) in [5.74, 6) is 0.648. The monoisotopic (exact) mass is 234 g/mol. The van der Waals surface area contributed by atoms with Crippen molar-refractivity contribution in [2.45, 2.75) is 12.5 Å². The van der Waals surface area contributed by atoms with Crippen molar-refractivity contribution < 1.29 is 4.39 Å². The van der Waals surface area contributed by atoms with E-state index in [1.807, 2.05) is 20.2 Å². The van der Waals surface area contributed by atoms with Gasteiger partial charge < -0.3 is 5.32 Å². The lowest BCUT2D eigenvalue weighted by Crippen LogP contribution is -2.20. The lowest BCUT2D eigenvalue weighted by molar-refractivity contribution is 0.546. The molecule has 1 unspecified atom stereocenters. The third-order valence-corrected chi connectivity index (χ3v) is 2.79. The summed E-state index contributed by atoms with van der Waals surface area (Å²) in [5, 5.41) is 7.18. The van der Waals surface area contributed by atoms with Crippen LogP contribution >= 0.6 is 0 Å². The Hall–Kier alpha value is -1.75. The van der Waals surface area contributed by atoms with E-state index >= 15 is 0 Å². The summed E-state index contributed by atoms with van der Waals surface area (Å²) in [6.07, 6.45) is 2.20. The minimum atomic E-state index is -0.222. The number of nitrogens with zero attached hydrogens (tertiary/aromatic N) is 3. The summed E-state index contributed by atoms with van der Waals surface area (Å²) in [6, 6.07) is 6.64. The molecule has 2 aromatic rings. The lowest BCUT2D eigenvalue weighted by Gasteiger charge is -2.16. The van der Waals surface area contributed by atoms with Crippen LogP contribution in [0.15, 0.2) is 30.6 Å². The van der Waals surface area contributed by atoms with Crippen LogP contribution in [0.1, 0.15) is 17.4 Å². The maximum absolute atomic E-state index is 13.2. The molecule has 90 valence electrons. The van der Waals surface area contributed by atoms with Gasteiger partial charge in [-0.3, -0.25) is 4.68 Å². The van der Waals surface area contributed by atoms with Crippen LogP contribution in [0.5, 0.6) is 0 Å². The van der Waals surface area contributed by atoms with Crippen molar-refractivity contribution in [3.8, 4) is 0 Å². The second kappa shape index (κ2) is 5.05. The van der Waals surface area contributed by atoms with Gasteiger partial charge in [0.2, 0.25) is 0 Å². The molecule has 0 spiro atoms. The van der Waals surface area contributed by atoms with Crippen molar-refractivity contribution in [3.63, 3.8) is 0 Å². The summed E-state index contributed by atoms with van der Waals surface area (Å²) in [7, 11) is 3.70. The number of aryl methyl sites for hydroxylation is 1. The number of benzene rings is 1. The summed E-state index contributed by atoms with van der Waals surface area (Å²) in [4.78, 5) is 4.17. The Kier molecular flexibility index (Phi) is 3.49. The predicted molar refractivity (Wildman–Crippen MR) is 62.9 cm³/mol. The van der Waals surface area contributed by atoms with Gasteiger partial charge in [0.15, 0.2) is 0 Å². The molecule has 17 heavy (non-hydrogen) atoms. The molecule has 0 radical (unpaired) electrons. The fourth-order valence-corrected chi connectivity index (χ4v) is 1.80. The van der Waals surface area contributed by atoms with Crippen LogP contribution in [0.3, 0.4) is 0 Å². The average molecular weight is 234 g/mol. The van der Waals surface area contributed by atoms with Gasteiger partial charge in [-0.2, -0.15) is 5.10 Å². The Bertz CT molecular complexity index is 495. The standard InChI is InChI=1S/C12H15FN4/c1-14-11(7-12-15-8-16-17(12)2)9-4-3-5-10(13)6-9/h3-6,8,11,14H,7H2,1-2H3. The third kappa shape index (κ3) is 2.68. The van der Waals surface area contributed by atoms with Crippen molar-refractivity contribution >= 4 is 0 Å². The average Bonchev–Trinajstić information content (AvgIpc) is 2.71. The van der Waals surface area contributed by atoms with Crippen LogP contribution in [0, 0.1) is 5.82 Å². The fourth-order valence-electron chi connectivity index (χ4n) is 1.80. The van der Waals surface area contributed by atoms with E-state index in [1.54, 1.807) is 10.7 Å². The molecule has 1 atom stereocenters. The lowest BCUT2D eigenvalue weighted by atomic mass is 10.0. The van der Waals surface area contributed by atoms with Gasteiger partial charge in [-0.1, -0.05) is 12.1 Å². The molecule has 0 saturated heterocycles. The topological polar surface area (TPSA) is 42.7 Å². The Labute approximate surface area is 99.5 Å². The predicted octanol–water partition coefficient (Wildman–Crippen LogP) is 1.46. The zero-order valence-corrected chi connectivity index (χ0v) is 9.89. The Balaban J connectivity index is 2.20. The molecule has 1 aromatic heterocycles. The molecule has 0 aliphatic carbocycles. The molecule has 0 aliphatic rings. The minimum absolute atomic E-state index is 0.0357. The third-order valence-electron chi connectivity index (χ3n) is 2.79. The number of rotatable bonds is 4. The molecule has 1 heterocycles. The van der Waals surface area contributed by atoms with E-state index in [-0.39, 0.29) is 11.9 Å². The Morgan fingerprint density at radius 3 is 2.88 bits per heavy atom. The first-order valence-corrected chi connectivity index (χ1v) is 5.46. The van der Waals surface area contributed by atoms with Gasteiger partial charge in [-0.05, 0) is 24.7 Å². The second-order valence-electron chi connectivity index (χ2n) is 3.90. The van der Waals surface area contributed by atoms with Crippen LogP contribution in [-0.2, 0) is 13.5 Å². The van der Waals surface area contributed by atoms with Crippen molar-refractivity contribution in [2.75, 3.05) is 7.05 Å². The first-order chi connectivity index (χ1) is 8.20. The number of hydrogen-bond acceptors (Lipinski definition) is 3. The Morgan fingerprint density at radius 2 is 2.29 bits per heavy atom. The molecule has 0 aliphatic heterocycles. The molecule has 2 rings (SSSR count). The van der Waals surface area contributed by atoms with E-state index in [1.165, 1.54) is 18.5 Å². The molecule has 1 aromatic carbocycles. The largest absolute Gasteiger partial charge is 0.313 e. The number of nitrogens with one attached hydrogen (secondary N) is 1. The minimum Gasteiger partial charge on any atom is -0.313 e. The van der Waals surface area contributed by atoms with Crippen molar-refractivity contribution in [3.05, 3.63) is 47.8 Å². The van der Waals surface area contributed by atoms with Crippen LogP contribution in [0.25, 0.3) is 0 Å². The van der Waals surface area contributed by atoms with Gasteiger partial charge in [-0.15, -0.1) is 0 Å². The van der Waals surface area contributed by atoms with Gasteiger partial charge in [0.1, 0.15) is 18.0 Å². The molecule has 1 N–H and O–H groups in total. The van der Waals surface area contributed by atoms with Gasteiger partial charge in [0.05, 0.1) is 0 Å². The van der Waals surface area contributed by atoms with E-state index in [0.717, 1.165) is 11.4 Å². The summed E-state index contributed by atoms with van der Waals surface area (Å²) >= 11 is 0. The molecule has 0 saturated carbocycles. The van der Waals surface area contributed by atoms with Gasteiger partial charge in [0.25, 0.3) is 0 Å². The van der Waals surface area contributed by atoms with Crippen LogP contribution < -0.4 is 5.32 Å². The van der Waals surface area contributed by atoms with Crippen molar-refractivity contribution in [1.82, 2.24) is 20.1 Å². The molecular weight excluding hydrogens is 219 g/mol. The maximum Gasteiger partial charge on any atom is 0.138 e. The smallest absolute Gasteiger partial charge is 0.138 e. The first kappa shape index (κ1) is 11.7. The Morgan fingerprint density at radius 1 is 1.47 bits per heavy atom.